The summed E-state index contributed by atoms with van der Waals surface area (Å²) in [6.45, 7) is 4.37. The average Bonchev–Trinajstić information content (AvgIpc) is 3.01. The number of nitrogens with zero attached hydrogens (tertiary/aromatic N) is 1. The Bertz CT molecular complexity index is 836. The van der Waals surface area contributed by atoms with E-state index in [1.807, 2.05) is 19.2 Å². The number of ketones is 1. The number of rotatable bonds is 5. The Hall–Kier alpha value is -2.61. The van der Waals surface area contributed by atoms with E-state index in [1.165, 1.54) is 11.3 Å². The average molecular weight is 374 g/mol. The van der Waals surface area contributed by atoms with Crippen LogP contribution < -0.4 is 21.1 Å². The summed E-state index contributed by atoms with van der Waals surface area (Å²) in [5.41, 5.74) is 7.02. The number of hydrogen-bond donors (Lipinski definition) is 3. The van der Waals surface area contributed by atoms with Gasteiger partial charge in [0, 0.05) is 24.0 Å². The third-order valence-corrected chi connectivity index (χ3v) is 5.14. The van der Waals surface area contributed by atoms with Crippen LogP contribution in [-0.2, 0) is 6.42 Å². The minimum Gasteiger partial charge on any atom is -0.486 e. The van der Waals surface area contributed by atoms with Crippen molar-refractivity contribution >= 4 is 34.0 Å². The van der Waals surface area contributed by atoms with Gasteiger partial charge in [-0.1, -0.05) is 6.92 Å². The lowest BCUT2D eigenvalue weighted by atomic mass is 9.89. The van der Waals surface area contributed by atoms with Crippen molar-refractivity contribution in [3.63, 3.8) is 0 Å². The van der Waals surface area contributed by atoms with Gasteiger partial charge in [-0.3, -0.25) is 4.79 Å². The van der Waals surface area contributed by atoms with Gasteiger partial charge in [0.1, 0.15) is 11.4 Å². The van der Waals surface area contributed by atoms with Crippen molar-refractivity contribution in [1.29, 1.82) is 0 Å². The van der Waals surface area contributed by atoms with Gasteiger partial charge in [0.2, 0.25) is 0 Å². The Balaban J connectivity index is 1.58. The fourth-order valence-corrected chi connectivity index (χ4v) is 3.36. The highest BCUT2D eigenvalue weighted by Crippen LogP contribution is 2.36. The van der Waals surface area contributed by atoms with Crippen molar-refractivity contribution in [3.8, 4) is 5.75 Å². The lowest BCUT2D eigenvalue weighted by Crippen LogP contribution is -2.38. The molecule has 0 radical (unpaired) electrons. The quantitative estimate of drug-likeness (QED) is 0.745. The molecule has 1 aliphatic heterocycles. The van der Waals surface area contributed by atoms with E-state index in [0.717, 1.165) is 12.1 Å². The van der Waals surface area contributed by atoms with Crippen molar-refractivity contribution in [3.05, 3.63) is 34.8 Å². The molecule has 4 N–H and O–H groups in total. The topological polar surface area (TPSA) is 106 Å². The van der Waals surface area contributed by atoms with Crippen LogP contribution in [0.5, 0.6) is 5.75 Å². The summed E-state index contributed by atoms with van der Waals surface area (Å²) in [6, 6.07) is 4.78. The molecule has 2 heterocycles. The lowest BCUT2D eigenvalue weighted by Gasteiger charge is -2.34. The number of hydrogen-bond acceptors (Lipinski definition) is 6. The summed E-state index contributed by atoms with van der Waals surface area (Å²) in [6.07, 6.45) is 1.70. The molecule has 0 spiro atoms. The van der Waals surface area contributed by atoms with Crippen LogP contribution in [-0.4, -0.2) is 28.9 Å². The molecule has 0 saturated carbocycles. The van der Waals surface area contributed by atoms with E-state index in [1.54, 1.807) is 18.2 Å². The lowest BCUT2D eigenvalue weighted by molar-refractivity contribution is 0.0499. The number of carbonyl (C=O) groups excluding carboxylic acids is 2. The molecule has 1 aromatic carbocycles. The third-order valence-electron chi connectivity index (χ3n) is 4.41. The Labute approximate surface area is 156 Å². The fraction of sp³-hybridized carbons (Fsp3) is 0.389. The zero-order valence-corrected chi connectivity index (χ0v) is 15.6. The minimum absolute atomic E-state index is 0.0285. The van der Waals surface area contributed by atoms with Crippen LogP contribution in [0.25, 0.3) is 0 Å². The maximum atomic E-state index is 12.4. The van der Waals surface area contributed by atoms with Crippen molar-refractivity contribution < 1.29 is 14.3 Å². The predicted octanol–water partition coefficient (Wildman–Crippen LogP) is 3.22. The van der Waals surface area contributed by atoms with Crippen LogP contribution in [0.3, 0.4) is 0 Å². The highest BCUT2D eigenvalue weighted by atomic mass is 32.1. The number of nitrogens with two attached hydrogens (primary N) is 1. The molecule has 0 fully saturated rings. The molecule has 3 rings (SSSR count). The van der Waals surface area contributed by atoms with Crippen molar-refractivity contribution in [2.75, 3.05) is 17.6 Å². The minimum atomic E-state index is -0.463. The molecule has 8 heteroatoms. The maximum absolute atomic E-state index is 12.4. The number of fused-ring (bicyclic) bond motifs is 1. The van der Waals surface area contributed by atoms with Gasteiger partial charge >= 0.3 is 6.03 Å². The molecule has 2 aromatic rings. The van der Waals surface area contributed by atoms with Gasteiger partial charge in [-0.05, 0) is 31.5 Å². The molecular formula is C18H22N4O3S. The summed E-state index contributed by atoms with van der Waals surface area (Å²) >= 11 is 1.38. The first-order valence-electron chi connectivity index (χ1n) is 8.49. The normalized spacial score (nSPS) is 18.8. The van der Waals surface area contributed by atoms with Crippen molar-refractivity contribution in [2.24, 2.45) is 0 Å². The summed E-state index contributed by atoms with van der Waals surface area (Å²) in [5.74, 6) is 0.596. The Kier molecular flexibility index (Phi) is 5.13. The van der Waals surface area contributed by atoms with E-state index in [2.05, 4.69) is 15.6 Å². The summed E-state index contributed by atoms with van der Waals surface area (Å²) in [7, 11) is 0. The summed E-state index contributed by atoms with van der Waals surface area (Å²) < 4.78 is 5.95. The van der Waals surface area contributed by atoms with Gasteiger partial charge in [-0.25, -0.2) is 9.78 Å². The van der Waals surface area contributed by atoms with E-state index in [-0.39, 0.29) is 11.8 Å². The predicted molar refractivity (Wildman–Crippen MR) is 102 cm³/mol. The molecule has 2 amide bonds. The molecule has 0 bridgehead atoms. The zero-order chi connectivity index (χ0) is 18.7. The Morgan fingerprint density at radius 3 is 2.96 bits per heavy atom. The molecular weight excluding hydrogens is 352 g/mol. The first-order chi connectivity index (χ1) is 12.4. The number of benzene rings is 1. The van der Waals surface area contributed by atoms with E-state index < -0.39 is 5.60 Å². The van der Waals surface area contributed by atoms with Crippen molar-refractivity contribution in [2.45, 2.75) is 38.7 Å². The van der Waals surface area contributed by atoms with Gasteiger partial charge in [-0.15, -0.1) is 11.3 Å². The highest BCUT2D eigenvalue weighted by molar-refractivity contribution is 7.13. The largest absolute Gasteiger partial charge is 0.486 e. The number of amides is 2. The van der Waals surface area contributed by atoms with Crippen LogP contribution >= 0.6 is 11.3 Å². The Morgan fingerprint density at radius 2 is 2.27 bits per heavy atom. The van der Waals surface area contributed by atoms with Crippen molar-refractivity contribution in [1.82, 2.24) is 10.3 Å². The molecule has 0 unspecified atom stereocenters. The third kappa shape index (κ3) is 4.13. The Morgan fingerprint density at radius 1 is 1.46 bits per heavy atom. The molecule has 1 aliphatic rings. The number of ether oxygens (including phenoxy) is 1. The summed E-state index contributed by atoms with van der Waals surface area (Å²) in [5, 5.41) is 7.89. The van der Waals surface area contributed by atoms with Gasteiger partial charge in [-0.2, -0.15) is 0 Å². The van der Waals surface area contributed by atoms with E-state index in [0.29, 0.717) is 41.5 Å². The molecule has 26 heavy (non-hydrogen) atoms. The first kappa shape index (κ1) is 18.2. The molecule has 138 valence electrons. The second kappa shape index (κ2) is 7.33. The van der Waals surface area contributed by atoms with Gasteiger partial charge < -0.3 is 21.1 Å². The molecule has 0 aliphatic carbocycles. The van der Waals surface area contributed by atoms with E-state index in [4.69, 9.17) is 10.5 Å². The molecule has 1 aromatic heterocycles. The number of Topliss-reactive ketones (excluding diaryl/α,β-unsaturated/α-hetero) is 1. The number of thiazole rings is 1. The first-order valence-corrected chi connectivity index (χ1v) is 9.37. The van der Waals surface area contributed by atoms with Crippen LogP contribution in [0.2, 0.25) is 0 Å². The zero-order valence-electron chi connectivity index (χ0n) is 14.8. The molecule has 7 nitrogen and oxygen atoms in total. The van der Waals surface area contributed by atoms with Gasteiger partial charge in [0.15, 0.2) is 10.9 Å². The van der Waals surface area contributed by atoms with Crippen LogP contribution in [0.4, 0.5) is 15.6 Å². The molecule has 1 atom stereocenters. The van der Waals surface area contributed by atoms with Crippen LogP contribution in [0, 0.1) is 0 Å². The fourth-order valence-electron chi connectivity index (χ4n) is 2.77. The standard InChI is InChI=1S/C18H22N4O3S/c1-3-18(2)9-14(23)13-8-11(4-5-15(13)25-18)22-17(24)20-7-6-12-10-26-16(19)21-12/h4-5,8,10H,3,6-7,9H2,1-2H3,(H2,19,21)(H2,20,22,24)/t18-/m1/s1. The van der Waals surface area contributed by atoms with Gasteiger partial charge in [0.05, 0.1) is 17.7 Å². The van der Waals surface area contributed by atoms with E-state index >= 15 is 0 Å². The molecule has 0 saturated heterocycles. The monoisotopic (exact) mass is 374 g/mol. The highest BCUT2D eigenvalue weighted by Gasteiger charge is 2.35. The number of carbonyl (C=O) groups is 2. The van der Waals surface area contributed by atoms with Crippen LogP contribution in [0.1, 0.15) is 42.7 Å². The SMILES string of the molecule is CC[C@]1(C)CC(=O)c2cc(NC(=O)NCCc3csc(N)n3)ccc2O1. The number of nitrogens with one attached hydrogen (secondary N) is 2. The number of aromatic nitrogens is 1. The van der Waals surface area contributed by atoms with Gasteiger partial charge in [0.25, 0.3) is 0 Å². The maximum Gasteiger partial charge on any atom is 0.319 e. The van der Waals surface area contributed by atoms with Crippen LogP contribution in [0.15, 0.2) is 23.6 Å². The van der Waals surface area contributed by atoms with E-state index in [9.17, 15) is 9.59 Å². The summed E-state index contributed by atoms with van der Waals surface area (Å²) in [4.78, 5) is 28.6. The number of urea groups is 1. The second-order valence-corrected chi connectivity index (χ2v) is 7.41. The number of nitrogen functional groups attached to an aromatic ring is 1. The second-order valence-electron chi connectivity index (χ2n) is 6.52. The smallest absolute Gasteiger partial charge is 0.319 e. The number of anilines is 2.